The maximum absolute atomic E-state index is 12.8. The molecular weight excluding hydrogens is 557 g/mol. The molecule has 0 saturated heterocycles. The van der Waals surface area contributed by atoms with E-state index in [0.717, 1.165) is 5.56 Å². The van der Waals surface area contributed by atoms with Gasteiger partial charge >= 0.3 is 11.9 Å². The Morgan fingerprint density at radius 1 is 1.11 bits per heavy atom. The number of aryl methyl sites for hydroxylation is 1. The molecule has 4 rings (SSSR count). The Balaban J connectivity index is 1.66. The van der Waals surface area contributed by atoms with E-state index in [2.05, 4.69) is 20.9 Å². The van der Waals surface area contributed by atoms with E-state index in [1.165, 1.54) is 0 Å². The molecule has 1 heterocycles. The van der Waals surface area contributed by atoms with Crippen LogP contribution < -0.4 is 9.47 Å². The highest BCUT2D eigenvalue weighted by molar-refractivity contribution is 9.10. The third-order valence-corrected chi connectivity index (χ3v) is 6.31. The van der Waals surface area contributed by atoms with Crippen molar-refractivity contribution in [3.05, 3.63) is 97.1 Å². The smallest absolute Gasteiger partial charge is 0.363 e. The Kier molecular flexibility index (Phi) is 7.60. The van der Waals surface area contributed by atoms with E-state index < -0.39 is 11.9 Å². The van der Waals surface area contributed by atoms with E-state index >= 15 is 0 Å². The van der Waals surface area contributed by atoms with Crippen molar-refractivity contribution in [1.82, 2.24) is 0 Å². The highest BCUT2D eigenvalue weighted by atomic mass is 79.9. The summed E-state index contributed by atoms with van der Waals surface area (Å²) in [6.45, 7) is 3.98. The molecule has 6 nitrogen and oxygen atoms in total. The van der Waals surface area contributed by atoms with Gasteiger partial charge in [0.15, 0.2) is 17.2 Å². The second kappa shape index (κ2) is 10.6. The minimum Gasteiger partial charge on any atom is -0.490 e. The quantitative estimate of drug-likeness (QED) is 0.179. The molecule has 0 aliphatic carbocycles. The maximum atomic E-state index is 12.8. The molecule has 0 fully saturated rings. The lowest BCUT2D eigenvalue weighted by Crippen LogP contribution is -2.11. The number of aliphatic imine (C=N–C) groups is 1. The number of hydrogen-bond donors (Lipinski definition) is 0. The minimum absolute atomic E-state index is 0.0880. The van der Waals surface area contributed by atoms with Gasteiger partial charge in [0, 0.05) is 5.56 Å². The van der Waals surface area contributed by atoms with Crippen molar-refractivity contribution in [3.8, 4) is 11.5 Å². The zero-order valence-electron chi connectivity index (χ0n) is 18.6. The molecule has 0 amide bonds. The molecule has 0 atom stereocenters. The molecule has 1 aliphatic rings. The number of esters is 2. The van der Waals surface area contributed by atoms with Crippen molar-refractivity contribution >= 4 is 63.0 Å². The zero-order chi connectivity index (χ0) is 25.1. The Morgan fingerprint density at radius 3 is 2.60 bits per heavy atom. The van der Waals surface area contributed by atoms with Crippen LogP contribution in [-0.2, 0) is 9.53 Å². The van der Waals surface area contributed by atoms with Crippen molar-refractivity contribution < 1.29 is 23.8 Å². The van der Waals surface area contributed by atoms with Crippen molar-refractivity contribution in [2.45, 2.75) is 13.8 Å². The highest BCUT2D eigenvalue weighted by Gasteiger charge is 2.25. The van der Waals surface area contributed by atoms with Gasteiger partial charge in [-0.2, -0.15) is 0 Å². The van der Waals surface area contributed by atoms with E-state index in [1.54, 1.807) is 48.5 Å². The maximum Gasteiger partial charge on any atom is 0.363 e. The largest absolute Gasteiger partial charge is 0.490 e. The topological polar surface area (TPSA) is 74.2 Å². The van der Waals surface area contributed by atoms with E-state index in [-0.39, 0.29) is 17.3 Å². The summed E-state index contributed by atoms with van der Waals surface area (Å²) in [4.78, 5) is 29.5. The molecule has 9 heteroatoms. The molecule has 0 saturated carbocycles. The number of carbonyl (C=O) groups excluding carboxylic acids is 2. The molecule has 0 bridgehead atoms. The molecule has 0 radical (unpaired) electrons. The first-order valence-electron chi connectivity index (χ1n) is 10.5. The minimum atomic E-state index is -0.616. The molecule has 3 aromatic carbocycles. The third-order valence-electron chi connectivity index (χ3n) is 4.98. The molecule has 35 heavy (non-hydrogen) atoms. The van der Waals surface area contributed by atoms with Crippen LogP contribution in [0.2, 0.25) is 10.0 Å². The number of hydrogen-bond acceptors (Lipinski definition) is 6. The van der Waals surface area contributed by atoms with Crippen LogP contribution in [0.3, 0.4) is 0 Å². The lowest BCUT2D eigenvalue weighted by molar-refractivity contribution is -0.129. The first kappa shape index (κ1) is 25.0. The second-order valence-corrected chi connectivity index (χ2v) is 9.10. The number of rotatable bonds is 6. The lowest BCUT2D eigenvalue weighted by atomic mass is 10.1. The van der Waals surface area contributed by atoms with Gasteiger partial charge in [-0.25, -0.2) is 14.6 Å². The second-order valence-electron chi connectivity index (χ2n) is 7.43. The summed E-state index contributed by atoms with van der Waals surface area (Å²) in [6.07, 6.45) is 1.55. The third kappa shape index (κ3) is 5.59. The van der Waals surface area contributed by atoms with Gasteiger partial charge in [-0.3, -0.25) is 0 Å². The summed E-state index contributed by atoms with van der Waals surface area (Å²) in [5, 5.41) is 0.703. The van der Waals surface area contributed by atoms with Gasteiger partial charge < -0.3 is 14.2 Å². The van der Waals surface area contributed by atoms with Crippen molar-refractivity contribution in [2.24, 2.45) is 4.99 Å². The van der Waals surface area contributed by atoms with Crippen LogP contribution >= 0.6 is 39.1 Å². The molecule has 1 aliphatic heterocycles. The lowest BCUT2D eigenvalue weighted by Gasteiger charge is -2.14. The van der Waals surface area contributed by atoms with Gasteiger partial charge in [0.1, 0.15) is 0 Å². The fraction of sp³-hybridized carbons (Fsp3) is 0.115. The summed E-state index contributed by atoms with van der Waals surface area (Å²) in [5.74, 6) is -0.444. The summed E-state index contributed by atoms with van der Waals surface area (Å²) in [6, 6.07) is 15.3. The molecule has 0 aromatic heterocycles. The predicted molar refractivity (Wildman–Crippen MR) is 139 cm³/mol. The summed E-state index contributed by atoms with van der Waals surface area (Å²) in [7, 11) is 0. The molecular formula is C26H18BrCl2NO5. The molecule has 0 unspecified atom stereocenters. The summed E-state index contributed by atoms with van der Waals surface area (Å²) >= 11 is 15.5. The SMILES string of the molecule is CCOc1cc(/C=C2\N=C(c3ccc(Cl)c(Cl)c3)OC2=O)cc(Br)c1OC(=O)c1ccccc1C. The first-order valence-corrected chi connectivity index (χ1v) is 12.0. The van der Waals surface area contributed by atoms with E-state index in [9.17, 15) is 9.59 Å². The summed E-state index contributed by atoms with van der Waals surface area (Å²) in [5.41, 5.74) is 2.44. The van der Waals surface area contributed by atoms with Crippen LogP contribution in [0.15, 0.2) is 69.8 Å². The van der Waals surface area contributed by atoms with E-state index in [0.29, 0.717) is 43.6 Å². The first-order chi connectivity index (χ1) is 16.8. The van der Waals surface area contributed by atoms with Gasteiger partial charge in [-0.1, -0.05) is 41.4 Å². The Bertz CT molecular complexity index is 1400. The van der Waals surface area contributed by atoms with Crippen LogP contribution in [0, 0.1) is 6.92 Å². The van der Waals surface area contributed by atoms with Crippen LogP contribution in [0.1, 0.15) is 34.0 Å². The van der Waals surface area contributed by atoms with Crippen molar-refractivity contribution in [2.75, 3.05) is 6.61 Å². The van der Waals surface area contributed by atoms with Gasteiger partial charge in [0.25, 0.3) is 0 Å². The van der Waals surface area contributed by atoms with Crippen LogP contribution in [0.25, 0.3) is 6.08 Å². The number of cyclic esters (lactones) is 1. The monoisotopic (exact) mass is 573 g/mol. The van der Waals surface area contributed by atoms with E-state index in [4.69, 9.17) is 37.4 Å². The van der Waals surface area contributed by atoms with Gasteiger partial charge in [-0.05, 0) is 83.4 Å². The number of carbonyl (C=O) groups is 2. The molecule has 0 N–H and O–H groups in total. The summed E-state index contributed by atoms with van der Waals surface area (Å²) < 4.78 is 17.1. The van der Waals surface area contributed by atoms with Gasteiger partial charge in [0.2, 0.25) is 5.90 Å². The number of ether oxygens (including phenoxy) is 3. The molecule has 3 aromatic rings. The number of nitrogens with zero attached hydrogens (tertiary/aromatic N) is 1. The average molecular weight is 575 g/mol. The highest BCUT2D eigenvalue weighted by Crippen LogP contribution is 2.38. The Hall–Kier alpha value is -3.13. The van der Waals surface area contributed by atoms with Gasteiger partial charge in [0.05, 0.1) is 26.7 Å². The standard InChI is InChI=1S/C26H18BrCl2NO5/c1-3-33-22-12-15(10-18(27)23(22)34-25(31)17-7-5-4-6-14(17)2)11-21-26(32)35-24(30-21)16-8-9-19(28)20(29)13-16/h4-13H,3H2,1-2H3/b21-11-. The Morgan fingerprint density at radius 2 is 1.89 bits per heavy atom. The van der Waals surface area contributed by atoms with Gasteiger partial charge in [-0.15, -0.1) is 0 Å². The molecule has 178 valence electrons. The van der Waals surface area contributed by atoms with Crippen molar-refractivity contribution in [3.63, 3.8) is 0 Å². The fourth-order valence-electron chi connectivity index (χ4n) is 3.30. The molecule has 0 spiro atoms. The van der Waals surface area contributed by atoms with E-state index in [1.807, 2.05) is 26.0 Å². The van der Waals surface area contributed by atoms with Crippen LogP contribution in [-0.4, -0.2) is 24.4 Å². The average Bonchev–Trinajstić information content (AvgIpc) is 3.18. The van der Waals surface area contributed by atoms with Crippen LogP contribution in [0.4, 0.5) is 0 Å². The number of benzene rings is 3. The fourth-order valence-corrected chi connectivity index (χ4v) is 4.14. The Labute approximate surface area is 220 Å². The normalized spacial score (nSPS) is 14.0. The van der Waals surface area contributed by atoms with Crippen molar-refractivity contribution in [1.29, 1.82) is 0 Å². The number of halogens is 3. The van der Waals surface area contributed by atoms with Crippen LogP contribution in [0.5, 0.6) is 11.5 Å². The zero-order valence-corrected chi connectivity index (χ0v) is 21.7. The predicted octanol–water partition coefficient (Wildman–Crippen LogP) is 7.03.